The zero-order valence-electron chi connectivity index (χ0n) is 12.1. The molecule has 20 heavy (non-hydrogen) atoms. The highest BCUT2D eigenvalue weighted by Gasteiger charge is 2.42. The first-order chi connectivity index (χ1) is 9.60. The number of carbonyl (C=O) groups excluding carboxylic acids is 1. The first-order valence-corrected chi connectivity index (χ1v) is 8.41. The van der Waals surface area contributed by atoms with E-state index in [-0.39, 0.29) is 11.9 Å². The number of hydrogen-bond donors (Lipinski definition) is 1. The highest BCUT2D eigenvalue weighted by Crippen LogP contribution is 2.49. The van der Waals surface area contributed by atoms with Crippen molar-refractivity contribution >= 4 is 21.8 Å². The quantitative estimate of drug-likeness (QED) is 0.915. The number of hydrogen-bond acceptors (Lipinski definition) is 2. The third-order valence-corrected chi connectivity index (χ3v) is 5.68. The van der Waals surface area contributed by atoms with E-state index in [0.29, 0.717) is 18.2 Å². The second-order valence-electron chi connectivity index (χ2n) is 6.26. The first kappa shape index (κ1) is 14.1. The Balaban J connectivity index is 1.68. The molecule has 4 nitrogen and oxygen atoms in total. The van der Waals surface area contributed by atoms with E-state index >= 15 is 0 Å². The van der Waals surface area contributed by atoms with Crippen LogP contribution in [-0.4, -0.2) is 21.7 Å². The molecule has 1 aromatic rings. The number of nitrogens with zero attached hydrogens (tertiary/aromatic N) is 2. The third kappa shape index (κ3) is 2.41. The number of aryl methyl sites for hydroxylation is 1. The van der Waals surface area contributed by atoms with Gasteiger partial charge in [0.05, 0.1) is 10.7 Å². The van der Waals surface area contributed by atoms with Crippen molar-refractivity contribution in [2.45, 2.75) is 52.1 Å². The van der Waals surface area contributed by atoms with Crippen LogP contribution in [0, 0.1) is 17.8 Å². The van der Waals surface area contributed by atoms with E-state index in [4.69, 9.17) is 0 Å². The number of nitrogens with one attached hydrogen (secondary N) is 1. The molecule has 2 fully saturated rings. The Morgan fingerprint density at radius 2 is 2.35 bits per heavy atom. The van der Waals surface area contributed by atoms with Crippen LogP contribution in [0.2, 0.25) is 0 Å². The van der Waals surface area contributed by atoms with Gasteiger partial charge in [-0.05, 0) is 66.8 Å². The zero-order valence-corrected chi connectivity index (χ0v) is 13.7. The Labute approximate surface area is 128 Å². The summed E-state index contributed by atoms with van der Waals surface area (Å²) >= 11 is 3.42. The fourth-order valence-electron chi connectivity index (χ4n) is 4.12. The van der Waals surface area contributed by atoms with Crippen LogP contribution < -0.4 is 5.32 Å². The molecule has 1 heterocycles. The minimum absolute atomic E-state index is 0.00787. The van der Waals surface area contributed by atoms with E-state index in [2.05, 4.69) is 33.3 Å². The molecule has 0 aliphatic heterocycles. The van der Waals surface area contributed by atoms with Gasteiger partial charge < -0.3 is 5.32 Å². The molecule has 0 radical (unpaired) electrons. The van der Waals surface area contributed by atoms with Crippen LogP contribution in [0.5, 0.6) is 0 Å². The van der Waals surface area contributed by atoms with E-state index in [1.54, 1.807) is 10.9 Å². The van der Waals surface area contributed by atoms with Gasteiger partial charge >= 0.3 is 0 Å². The normalized spacial score (nSPS) is 29.6. The highest BCUT2D eigenvalue weighted by atomic mass is 79.9. The summed E-state index contributed by atoms with van der Waals surface area (Å²) < 4.78 is 2.52. The number of amides is 1. The smallest absolute Gasteiger partial charge is 0.270 e. The van der Waals surface area contributed by atoms with Gasteiger partial charge in [-0.3, -0.25) is 9.48 Å². The molecule has 2 aliphatic rings. The van der Waals surface area contributed by atoms with E-state index in [1.807, 2.05) is 6.92 Å². The van der Waals surface area contributed by atoms with E-state index in [0.717, 1.165) is 16.3 Å². The second-order valence-corrected chi connectivity index (χ2v) is 7.11. The average Bonchev–Trinajstić information content (AvgIpc) is 3.12. The third-order valence-electron chi connectivity index (χ3n) is 5.10. The van der Waals surface area contributed by atoms with Crippen LogP contribution in [-0.2, 0) is 6.54 Å². The van der Waals surface area contributed by atoms with Crippen molar-refractivity contribution in [1.29, 1.82) is 0 Å². The number of halogens is 1. The molecule has 4 atom stereocenters. The van der Waals surface area contributed by atoms with Gasteiger partial charge in [0, 0.05) is 12.6 Å². The molecular formula is C15H22BrN3O. The Bertz CT molecular complexity index is 513. The number of rotatable bonds is 4. The number of fused-ring (bicyclic) bond motifs is 2. The van der Waals surface area contributed by atoms with Crippen LogP contribution in [0.3, 0.4) is 0 Å². The standard InChI is InChI=1S/C15H22BrN3O/c1-3-19-14(13(16)8-17-19)15(20)18-9(2)12-7-10-4-5-11(12)6-10/h8-12H,3-7H2,1-2H3,(H,18,20)/t9-,10+,11+,12-/m1/s1. The molecule has 1 amide bonds. The lowest BCUT2D eigenvalue weighted by molar-refractivity contribution is 0.0903. The number of carbonyl (C=O) groups is 1. The molecule has 2 saturated carbocycles. The maximum absolute atomic E-state index is 12.5. The van der Waals surface area contributed by atoms with Gasteiger partial charge in [-0.25, -0.2) is 0 Å². The van der Waals surface area contributed by atoms with Gasteiger partial charge in [0.15, 0.2) is 0 Å². The molecule has 0 unspecified atom stereocenters. The van der Waals surface area contributed by atoms with Crippen molar-refractivity contribution in [1.82, 2.24) is 15.1 Å². The van der Waals surface area contributed by atoms with Crippen LogP contribution in [0.15, 0.2) is 10.7 Å². The largest absolute Gasteiger partial charge is 0.348 e. The summed E-state index contributed by atoms with van der Waals surface area (Å²) in [4.78, 5) is 12.5. The molecule has 5 heteroatoms. The van der Waals surface area contributed by atoms with Crippen LogP contribution in [0.25, 0.3) is 0 Å². The summed E-state index contributed by atoms with van der Waals surface area (Å²) in [5.74, 6) is 2.40. The van der Waals surface area contributed by atoms with Crippen molar-refractivity contribution in [3.63, 3.8) is 0 Å². The Kier molecular flexibility index (Phi) is 3.89. The molecule has 0 aromatic carbocycles. The minimum Gasteiger partial charge on any atom is -0.348 e. The summed E-state index contributed by atoms with van der Waals surface area (Å²) in [6.45, 7) is 4.86. The molecule has 1 aromatic heterocycles. The second kappa shape index (κ2) is 5.51. The maximum atomic E-state index is 12.5. The molecule has 110 valence electrons. The van der Waals surface area contributed by atoms with Gasteiger partial charge in [-0.15, -0.1) is 0 Å². The van der Waals surface area contributed by atoms with Gasteiger partial charge in [-0.2, -0.15) is 5.10 Å². The van der Waals surface area contributed by atoms with Crippen LogP contribution >= 0.6 is 15.9 Å². The molecule has 1 N–H and O–H groups in total. The fraction of sp³-hybridized carbons (Fsp3) is 0.733. The lowest BCUT2D eigenvalue weighted by atomic mass is 9.84. The highest BCUT2D eigenvalue weighted by molar-refractivity contribution is 9.10. The van der Waals surface area contributed by atoms with E-state index in [9.17, 15) is 4.79 Å². The topological polar surface area (TPSA) is 46.9 Å². The predicted octanol–water partition coefficient (Wildman–Crippen LogP) is 3.22. The zero-order chi connectivity index (χ0) is 14.3. The van der Waals surface area contributed by atoms with Gasteiger partial charge in [0.25, 0.3) is 5.91 Å². The summed E-state index contributed by atoms with van der Waals surface area (Å²) in [6.07, 6.45) is 7.12. The predicted molar refractivity (Wildman–Crippen MR) is 81.5 cm³/mol. The van der Waals surface area contributed by atoms with E-state index < -0.39 is 0 Å². The summed E-state index contributed by atoms with van der Waals surface area (Å²) in [7, 11) is 0. The summed E-state index contributed by atoms with van der Waals surface area (Å²) in [5.41, 5.74) is 0.641. The Morgan fingerprint density at radius 1 is 1.55 bits per heavy atom. The van der Waals surface area contributed by atoms with Gasteiger partial charge in [-0.1, -0.05) is 6.42 Å². The van der Waals surface area contributed by atoms with Crippen LogP contribution in [0.4, 0.5) is 0 Å². The monoisotopic (exact) mass is 339 g/mol. The molecule has 0 saturated heterocycles. The minimum atomic E-state index is -0.00787. The molecule has 2 bridgehead atoms. The molecule has 2 aliphatic carbocycles. The number of aromatic nitrogens is 2. The summed E-state index contributed by atoms with van der Waals surface area (Å²) in [6, 6.07) is 0.255. The van der Waals surface area contributed by atoms with Crippen molar-refractivity contribution < 1.29 is 4.79 Å². The summed E-state index contributed by atoms with van der Waals surface area (Å²) in [5, 5.41) is 7.40. The van der Waals surface area contributed by atoms with Crippen LogP contribution in [0.1, 0.15) is 50.0 Å². The van der Waals surface area contributed by atoms with Crippen molar-refractivity contribution in [3.05, 3.63) is 16.4 Å². The Hall–Kier alpha value is -0.840. The van der Waals surface area contributed by atoms with Gasteiger partial charge in [0.2, 0.25) is 0 Å². The lowest BCUT2D eigenvalue weighted by Gasteiger charge is -2.28. The molecular weight excluding hydrogens is 318 g/mol. The molecule has 0 spiro atoms. The lowest BCUT2D eigenvalue weighted by Crippen LogP contribution is -2.41. The fourth-order valence-corrected chi connectivity index (χ4v) is 4.59. The molecule has 3 rings (SSSR count). The van der Waals surface area contributed by atoms with Crippen molar-refractivity contribution in [2.75, 3.05) is 0 Å². The van der Waals surface area contributed by atoms with Crippen molar-refractivity contribution in [2.24, 2.45) is 17.8 Å². The van der Waals surface area contributed by atoms with Gasteiger partial charge in [0.1, 0.15) is 5.69 Å². The van der Waals surface area contributed by atoms with E-state index in [1.165, 1.54) is 25.7 Å². The SMILES string of the molecule is CCn1ncc(Br)c1C(=O)N[C@H](C)[C@H]1C[C@H]2CC[C@H]1C2. The maximum Gasteiger partial charge on any atom is 0.270 e. The Morgan fingerprint density at radius 3 is 2.95 bits per heavy atom. The average molecular weight is 340 g/mol. The first-order valence-electron chi connectivity index (χ1n) is 7.62. The van der Waals surface area contributed by atoms with Crippen molar-refractivity contribution in [3.8, 4) is 0 Å².